The van der Waals surface area contributed by atoms with Crippen LogP contribution in [0.2, 0.25) is 0 Å². The molecule has 5 heteroatoms. The zero-order valence-electron chi connectivity index (χ0n) is 11.1. The first-order chi connectivity index (χ1) is 8.97. The average Bonchev–Trinajstić information content (AvgIpc) is 2.71. The van der Waals surface area contributed by atoms with Gasteiger partial charge in [0.25, 0.3) is 0 Å². The fourth-order valence-corrected chi connectivity index (χ4v) is 3.03. The van der Waals surface area contributed by atoms with Crippen LogP contribution >= 0.6 is 27.3 Å². The molecular formula is C14H16BrFN2S. The molecule has 19 heavy (non-hydrogen) atoms. The van der Waals surface area contributed by atoms with Crippen LogP contribution in [0.4, 0.5) is 4.39 Å². The third-order valence-corrected chi connectivity index (χ3v) is 4.54. The number of hydrogen-bond acceptors (Lipinski definition) is 3. The lowest BCUT2D eigenvalue weighted by Gasteiger charge is -2.05. The quantitative estimate of drug-likeness (QED) is 0.883. The van der Waals surface area contributed by atoms with E-state index in [1.165, 1.54) is 10.9 Å². The molecule has 2 rings (SSSR count). The van der Waals surface area contributed by atoms with Crippen molar-refractivity contribution in [3.05, 3.63) is 39.1 Å². The Morgan fingerprint density at radius 1 is 1.42 bits per heavy atom. The molecule has 102 valence electrons. The average molecular weight is 343 g/mol. The lowest BCUT2D eigenvalue weighted by Crippen LogP contribution is -2.21. The van der Waals surface area contributed by atoms with Gasteiger partial charge in [0.15, 0.2) is 0 Å². The van der Waals surface area contributed by atoms with E-state index in [2.05, 4.69) is 40.1 Å². The van der Waals surface area contributed by atoms with Crippen LogP contribution < -0.4 is 5.32 Å². The maximum Gasteiger partial charge on any atom is 0.137 e. The number of rotatable bonds is 4. The Morgan fingerprint density at radius 3 is 2.79 bits per heavy atom. The van der Waals surface area contributed by atoms with E-state index in [4.69, 9.17) is 0 Å². The summed E-state index contributed by atoms with van der Waals surface area (Å²) in [5.41, 5.74) is 1.98. The molecule has 2 nitrogen and oxygen atoms in total. The molecule has 0 unspecified atom stereocenters. The van der Waals surface area contributed by atoms with Gasteiger partial charge in [-0.25, -0.2) is 9.37 Å². The first kappa shape index (κ1) is 14.6. The second-order valence-corrected chi connectivity index (χ2v) is 6.63. The highest BCUT2D eigenvalue weighted by molar-refractivity contribution is 9.10. The Labute approximate surface area is 125 Å². The topological polar surface area (TPSA) is 24.9 Å². The summed E-state index contributed by atoms with van der Waals surface area (Å²) < 4.78 is 13.7. The number of hydrogen-bond donors (Lipinski definition) is 1. The van der Waals surface area contributed by atoms with Crippen LogP contribution in [0, 0.1) is 12.7 Å². The van der Waals surface area contributed by atoms with E-state index < -0.39 is 0 Å². The van der Waals surface area contributed by atoms with Gasteiger partial charge in [-0.1, -0.05) is 13.8 Å². The third kappa shape index (κ3) is 3.61. The molecule has 0 spiro atoms. The molecule has 2 aromatic rings. The molecule has 0 fully saturated rings. The van der Waals surface area contributed by atoms with Crippen LogP contribution in [0.1, 0.15) is 24.4 Å². The fourth-order valence-electron chi connectivity index (χ4n) is 1.64. The summed E-state index contributed by atoms with van der Waals surface area (Å²) in [5, 5.41) is 4.32. The maximum absolute atomic E-state index is 13.2. The van der Waals surface area contributed by atoms with E-state index in [9.17, 15) is 4.39 Å². The zero-order valence-corrected chi connectivity index (χ0v) is 13.5. The third-order valence-electron chi connectivity index (χ3n) is 2.73. The highest BCUT2D eigenvalue weighted by Gasteiger charge is 2.11. The molecule has 0 aliphatic rings. The van der Waals surface area contributed by atoms with E-state index >= 15 is 0 Å². The van der Waals surface area contributed by atoms with Gasteiger partial charge in [-0.15, -0.1) is 11.3 Å². The minimum atomic E-state index is -0.251. The van der Waals surface area contributed by atoms with E-state index in [1.807, 2.05) is 6.92 Å². The van der Waals surface area contributed by atoms with Gasteiger partial charge in [0, 0.05) is 23.0 Å². The molecule has 1 N–H and O–H groups in total. The molecule has 0 saturated carbocycles. The number of nitrogens with one attached hydrogen (secondary N) is 1. The van der Waals surface area contributed by atoms with Gasteiger partial charge in [-0.3, -0.25) is 0 Å². The van der Waals surface area contributed by atoms with E-state index in [0.29, 0.717) is 10.5 Å². The summed E-state index contributed by atoms with van der Waals surface area (Å²) in [7, 11) is 0. The highest BCUT2D eigenvalue weighted by Crippen LogP contribution is 2.30. The van der Waals surface area contributed by atoms with Crippen molar-refractivity contribution in [2.45, 2.75) is 33.4 Å². The molecule has 0 aliphatic carbocycles. The first-order valence-electron chi connectivity index (χ1n) is 6.12. The zero-order chi connectivity index (χ0) is 14.0. The van der Waals surface area contributed by atoms with Crippen LogP contribution in [-0.2, 0) is 6.54 Å². The molecule has 0 radical (unpaired) electrons. The number of thiazole rings is 1. The largest absolute Gasteiger partial charge is 0.310 e. The molecule has 0 saturated heterocycles. The molecule has 0 amide bonds. The number of aryl methyl sites for hydroxylation is 1. The Morgan fingerprint density at radius 2 is 2.16 bits per heavy atom. The number of benzene rings is 1. The normalized spacial score (nSPS) is 11.3. The number of halogens is 2. The van der Waals surface area contributed by atoms with Gasteiger partial charge in [0.1, 0.15) is 10.8 Å². The van der Waals surface area contributed by atoms with E-state index in [0.717, 1.165) is 22.8 Å². The van der Waals surface area contributed by atoms with Crippen molar-refractivity contribution >= 4 is 27.3 Å². The van der Waals surface area contributed by atoms with Crippen LogP contribution in [0.3, 0.4) is 0 Å². The Kier molecular flexibility index (Phi) is 4.71. The van der Waals surface area contributed by atoms with E-state index in [1.54, 1.807) is 23.5 Å². The van der Waals surface area contributed by atoms with Crippen molar-refractivity contribution in [1.29, 1.82) is 0 Å². The molecule has 0 atom stereocenters. The Bertz CT molecular complexity index is 581. The van der Waals surface area contributed by atoms with Gasteiger partial charge < -0.3 is 5.32 Å². The van der Waals surface area contributed by atoms with Crippen LogP contribution in [0.15, 0.2) is 22.7 Å². The molecular weight excluding hydrogens is 327 g/mol. The van der Waals surface area contributed by atoms with Gasteiger partial charge in [-0.05, 0) is 41.1 Å². The first-order valence-corrected chi connectivity index (χ1v) is 7.73. The second-order valence-electron chi connectivity index (χ2n) is 4.69. The predicted molar refractivity (Wildman–Crippen MR) is 81.9 cm³/mol. The number of aromatic nitrogens is 1. The lowest BCUT2D eigenvalue weighted by molar-refractivity contribution is 0.591. The maximum atomic E-state index is 13.2. The van der Waals surface area contributed by atoms with Crippen molar-refractivity contribution < 1.29 is 4.39 Å². The summed E-state index contributed by atoms with van der Waals surface area (Å²) in [5.74, 6) is -0.251. The molecule has 1 aromatic heterocycles. The summed E-state index contributed by atoms with van der Waals surface area (Å²) in [6, 6.07) is 5.44. The van der Waals surface area contributed by atoms with Gasteiger partial charge >= 0.3 is 0 Å². The summed E-state index contributed by atoms with van der Waals surface area (Å²) in [4.78, 5) is 5.79. The summed E-state index contributed by atoms with van der Waals surface area (Å²) in [6.45, 7) is 7.07. The van der Waals surface area contributed by atoms with Gasteiger partial charge in [-0.2, -0.15) is 0 Å². The van der Waals surface area contributed by atoms with Gasteiger partial charge in [0.05, 0.1) is 10.2 Å². The highest BCUT2D eigenvalue weighted by atomic mass is 79.9. The summed E-state index contributed by atoms with van der Waals surface area (Å²) >= 11 is 4.86. The van der Waals surface area contributed by atoms with Crippen LogP contribution in [-0.4, -0.2) is 11.0 Å². The molecule has 1 heterocycles. The molecule has 0 aliphatic heterocycles. The van der Waals surface area contributed by atoms with Crippen molar-refractivity contribution in [3.63, 3.8) is 0 Å². The SMILES string of the molecule is Cc1nc(-c2ccc(F)c(Br)c2)sc1CNC(C)C. The molecule has 1 aromatic carbocycles. The predicted octanol–water partition coefficient (Wildman–Crippen LogP) is 4.52. The minimum absolute atomic E-state index is 0.251. The number of nitrogens with zero attached hydrogens (tertiary/aromatic N) is 1. The van der Waals surface area contributed by atoms with Crippen molar-refractivity contribution in [2.24, 2.45) is 0 Å². The smallest absolute Gasteiger partial charge is 0.137 e. The van der Waals surface area contributed by atoms with Crippen LogP contribution in [0.25, 0.3) is 10.6 Å². The van der Waals surface area contributed by atoms with Crippen molar-refractivity contribution in [1.82, 2.24) is 10.3 Å². The van der Waals surface area contributed by atoms with Crippen molar-refractivity contribution in [2.75, 3.05) is 0 Å². The minimum Gasteiger partial charge on any atom is -0.310 e. The molecule has 0 bridgehead atoms. The van der Waals surface area contributed by atoms with E-state index in [-0.39, 0.29) is 5.82 Å². The summed E-state index contributed by atoms with van der Waals surface area (Å²) in [6.07, 6.45) is 0. The van der Waals surface area contributed by atoms with Gasteiger partial charge in [0.2, 0.25) is 0 Å². The second kappa shape index (κ2) is 6.11. The lowest BCUT2D eigenvalue weighted by atomic mass is 10.2. The Hall–Kier alpha value is -0.780. The van der Waals surface area contributed by atoms with Crippen LogP contribution in [0.5, 0.6) is 0 Å². The monoisotopic (exact) mass is 342 g/mol. The standard InChI is InChI=1S/C14H16BrFN2S/c1-8(2)17-7-13-9(3)18-14(19-13)10-4-5-12(16)11(15)6-10/h4-6,8,17H,7H2,1-3H3. The Balaban J connectivity index is 2.25. The fraction of sp³-hybridized carbons (Fsp3) is 0.357. The van der Waals surface area contributed by atoms with Crippen molar-refractivity contribution in [3.8, 4) is 10.6 Å².